The minimum Gasteiger partial charge on any atom is -0.493 e. The van der Waals surface area contributed by atoms with Gasteiger partial charge in [0.25, 0.3) is 0 Å². The maximum absolute atomic E-state index is 14.8. The Morgan fingerprint density at radius 2 is 1.55 bits per heavy atom. The van der Waals surface area contributed by atoms with E-state index in [0.717, 1.165) is 11.6 Å². The molecule has 8 nitrogen and oxygen atoms in total. The maximum atomic E-state index is 14.8. The predicted molar refractivity (Wildman–Crippen MR) is 214 cm³/mol. The lowest BCUT2D eigenvalue weighted by molar-refractivity contribution is -0.137. The summed E-state index contributed by atoms with van der Waals surface area (Å²) in [4.78, 5) is 31.3. The summed E-state index contributed by atoms with van der Waals surface area (Å²) in [6.45, 7) is 5.93. The Balaban J connectivity index is 1.10. The second-order valence-corrected chi connectivity index (χ2v) is 17.5. The fourth-order valence-electron chi connectivity index (χ4n) is 7.55. The number of hydrogen-bond acceptors (Lipinski definition) is 6. The van der Waals surface area contributed by atoms with E-state index in [1.165, 1.54) is 24.3 Å². The molecule has 2 heterocycles. The topological polar surface area (TPSA) is 74.3 Å². The molecule has 2 aliphatic heterocycles. The highest BCUT2D eigenvalue weighted by molar-refractivity contribution is 8.45. The summed E-state index contributed by atoms with van der Waals surface area (Å²) in [5.41, 5.74) is 2.24. The van der Waals surface area contributed by atoms with E-state index in [4.69, 9.17) is 21.1 Å². The van der Waals surface area contributed by atoms with Crippen molar-refractivity contribution in [3.63, 3.8) is 0 Å². The smallest absolute Gasteiger partial charge is 0.408 e. The van der Waals surface area contributed by atoms with Gasteiger partial charge < -0.3 is 24.6 Å². The fourth-order valence-corrected chi connectivity index (χ4v) is 8.43. The van der Waals surface area contributed by atoms with Gasteiger partial charge in [0.05, 0.1) is 6.61 Å². The van der Waals surface area contributed by atoms with Crippen LogP contribution in [0.3, 0.4) is 0 Å². The van der Waals surface area contributed by atoms with Crippen molar-refractivity contribution >= 4 is 33.8 Å². The average Bonchev–Trinajstić information content (AvgIpc) is 3.20. The van der Waals surface area contributed by atoms with Gasteiger partial charge in [-0.15, -0.1) is 0 Å². The number of likely N-dealkylation sites (tertiary alicyclic amines) is 1. The van der Waals surface area contributed by atoms with Crippen molar-refractivity contribution in [3.05, 3.63) is 119 Å². The average molecular weight is 853 g/mol. The van der Waals surface area contributed by atoms with Crippen LogP contribution in [0.25, 0.3) is 11.1 Å². The van der Waals surface area contributed by atoms with Gasteiger partial charge >= 0.3 is 16.3 Å². The highest BCUT2D eigenvalue weighted by Crippen LogP contribution is 3.02. The largest absolute Gasteiger partial charge is 0.493 e. The molecule has 4 aromatic carbocycles. The Kier molecular flexibility index (Phi) is 13.0. The van der Waals surface area contributed by atoms with E-state index in [0.29, 0.717) is 118 Å². The van der Waals surface area contributed by atoms with Crippen LogP contribution in [0, 0.1) is 11.7 Å². The zero-order valence-corrected chi connectivity index (χ0v) is 33.6. The summed E-state index contributed by atoms with van der Waals surface area (Å²) in [5.74, 6) is -0.323. The molecule has 314 valence electrons. The summed E-state index contributed by atoms with van der Waals surface area (Å²) >= 11 is 6.28. The first-order valence-corrected chi connectivity index (χ1v) is 21.5. The van der Waals surface area contributed by atoms with E-state index in [-0.39, 0.29) is 29.8 Å². The summed E-state index contributed by atoms with van der Waals surface area (Å²) in [6, 6.07) is 20.9. The predicted octanol–water partition coefficient (Wildman–Crippen LogP) is 10.1. The lowest BCUT2D eigenvalue weighted by Gasteiger charge is -2.40. The van der Waals surface area contributed by atoms with E-state index in [1.807, 2.05) is 37.3 Å². The number of hydrogen-bond donors (Lipinski definition) is 1. The Labute approximate surface area is 339 Å². The first-order valence-electron chi connectivity index (χ1n) is 19.2. The van der Waals surface area contributed by atoms with Crippen molar-refractivity contribution in [2.45, 2.75) is 50.3 Å². The van der Waals surface area contributed by atoms with Crippen LogP contribution >= 0.6 is 21.8 Å². The number of alkyl carbamates (subject to hydrolysis) is 1. The minimum atomic E-state index is -9.90. The second-order valence-electron chi connectivity index (χ2n) is 14.7. The number of ether oxygens (including phenoxy) is 2. The molecule has 2 amide bonds. The number of piperazine rings is 1. The van der Waals surface area contributed by atoms with Crippen molar-refractivity contribution < 1.29 is 42.9 Å². The zero-order chi connectivity index (χ0) is 41.6. The molecule has 0 bridgehead atoms. The van der Waals surface area contributed by atoms with Gasteiger partial charge in [-0.1, -0.05) is 85.6 Å². The molecule has 0 aliphatic carbocycles. The Bertz CT molecular complexity index is 2070. The number of nitrogens with zero attached hydrogens (tertiary/aromatic N) is 3. The van der Waals surface area contributed by atoms with Gasteiger partial charge in [0.2, 0.25) is 5.91 Å². The normalized spacial score (nSPS) is 17.6. The van der Waals surface area contributed by atoms with Gasteiger partial charge in [-0.3, -0.25) is 9.69 Å². The van der Waals surface area contributed by atoms with E-state index in [2.05, 4.69) is 15.1 Å². The molecule has 58 heavy (non-hydrogen) atoms. The summed E-state index contributed by atoms with van der Waals surface area (Å²) in [6.07, 6.45) is 0.763. The van der Waals surface area contributed by atoms with Crippen LogP contribution in [-0.2, 0) is 29.1 Å². The van der Waals surface area contributed by atoms with E-state index < -0.39 is 27.3 Å². The van der Waals surface area contributed by atoms with E-state index in [1.54, 1.807) is 23.1 Å². The molecule has 2 aliphatic rings. The summed E-state index contributed by atoms with van der Waals surface area (Å²) < 4.78 is 94.2. The molecule has 0 saturated carbocycles. The molecule has 16 heteroatoms. The molecule has 1 atom stereocenters. The van der Waals surface area contributed by atoms with Crippen LogP contribution in [0.5, 0.6) is 5.75 Å². The van der Waals surface area contributed by atoms with Gasteiger partial charge in [-0.05, 0) is 104 Å². The third-order valence-electron chi connectivity index (χ3n) is 10.7. The molecule has 0 unspecified atom stereocenters. The minimum absolute atomic E-state index is 0.00558. The number of rotatable bonds is 14. The highest BCUT2D eigenvalue weighted by Gasteiger charge is 2.65. The molecule has 2 saturated heterocycles. The van der Waals surface area contributed by atoms with Crippen LogP contribution in [-0.4, -0.2) is 85.2 Å². The number of carbonyl (C=O) groups is 2. The number of amides is 2. The molecule has 1 N–H and O–H groups in total. The number of carbonyl (C=O) groups excluding carboxylic acids is 2. The Hall–Kier alpha value is -4.44. The second kappa shape index (κ2) is 17.4. The molecular weight excluding hydrogens is 806 g/mol. The number of halogens is 7. The third-order valence-corrected chi connectivity index (χ3v) is 12.0. The van der Waals surface area contributed by atoms with Gasteiger partial charge in [-0.25, -0.2) is 9.18 Å². The monoisotopic (exact) mass is 852 g/mol. The van der Waals surface area contributed by atoms with Gasteiger partial charge in [0, 0.05) is 49.9 Å². The lowest BCUT2D eigenvalue weighted by atomic mass is 9.88. The maximum Gasteiger partial charge on any atom is 0.408 e. The van der Waals surface area contributed by atoms with Crippen molar-refractivity contribution in [3.8, 4) is 16.9 Å². The molecule has 0 aromatic heterocycles. The van der Waals surface area contributed by atoms with Crippen LogP contribution in [0.1, 0.15) is 36.5 Å². The fraction of sp³-hybridized carbons (Fsp3) is 0.381. The first-order chi connectivity index (χ1) is 27.5. The Morgan fingerprint density at radius 1 is 0.845 bits per heavy atom. The zero-order valence-electron chi connectivity index (χ0n) is 32.0. The molecule has 0 spiro atoms. The molecular formula is C42H47ClF6N4O4S. The Morgan fingerprint density at radius 3 is 2.24 bits per heavy atom. The summed E-state index contributed by atoms with van der Waals surface area (Å²) in [5, 5.41) is 3.22. The van der Waals surface area contributed by atoms with Crippen molar-refractivity contribution in [2.75, 3.05) is 52.4 Å². The standard InChI is InChI=1S/C42H47ClF6N4O4S/c1-2-56-39-13-7-12-38(44)37(39)28-52-22-24-53(25-23-52)41(54)40(50-42(55)57-29-30-8-4-3-5-9-30)31-16-19-51(20-17-31)21-18-33-26-34(43)14-15-36(33)32-10-6-11-35(27-32)58(45,46,47,48)49/h3-15,26-27,31,40H,2,16-25,28-29H2,1H3,(H,50,55)/t40-/m1/s1. The van der Waals surface area contributed by atoms with Crippen molar-refractivity contribution in [1.82, 2.24) is 20.0 Å². The van der Waals surface area contributed by atoms with Gasteiger partial charge in [-0.2, -0.15) is 0 Å². The summed E-state index contributed by atoms with van der Waals surface area (Å²) in [7, 11) is -9.90. The van der Waals surface area contributed by atoms with Gasteiger partial charge in [0.1, 0.15) is 29.1 Å². The van der Waals surface area contributed by atoms with Crippen LogP contribution < -0.4 is 10.1 Å². The van der Waals surface area contributed by atoms with Crippen molar-refractivity contribution in [2.24, 2.45) is 5.92 Å². The van der Waals surface area contributed by atoms with Crippen molar-refractivity contribution in [1.29, 1.82) is 0 Å². The third kappa shape index (κ3) is 11.4. The van der Waals surface area contributed by atoms with Crippen LogP contribution in [0.2, 0.25) is 5.02 Å². The SMILES string of the molecule is CCOc1cccc(F)c1CN1CCN(C(=O)[C@H](NC(=O)OCc2ccccc2)C2CCN(CCc3cc(Cl)ccc3-c3cccc(S(F)(F)(F)(F)F)c3)CC2)CC1. The van der Waals surface area contributed by atoms with Gasteiger partial charge in [0.15, 0.2) is 0 Å². The molecule has 4 aromatic rings. The number of nitrogens with one attached hydrogen (secondary N) is 1. The van der Waals surface area contributed by atoms with Crippen LogP contribution in [0.15, 0.2) is 95.9 Å². The first kappa shape index (κ1) is 43.1. The molecule has 2 fully saturated rings. The van der Waals surface area contributed by atoms with E-state index in [9.17, 15) is 33.4 Å². The van der Waals surface area contributed by atoms with E-state index >= 15 is 0 Å². The lowest BCUT2D eigenvalue weighted by Crippen LogP contribution is -2.58. The number of piperidine rings is 1. The molecule has 0 radical (unpaired) electrons. The number of benzene rings is 4. The quantitative estimate of drug-likeness (QED) is 0.127. The van der Waals surface area contributed by atoms with Crippen LogP contribution in [0.4, 0.5) is 28.6 Å². The molecule has 6 rings (SSSR count). The highest BCUT2D eigenvalue weighted by atomic mass is 35.5.